The Kier molecular flexibility index (Phi) is 2.51. The Morgan fingerprint density at radius 2 is 2.21 bits per heavy atom. The standard InChI is InChI=1S/C9H15N3O2/c1-6-7(10)5-12(11-6)9(2,3)8(13)14-4/h5H,10H2,1-4H3. The molecule has 0 aliphatic carbocycles. The van der Waals surface area contributed by atoms with Crippen LogP contribution in [0.15, 0.2) is 6.20 Å². The van der Waals surface area contributed by atoms with Crippen LogP contribution in [0.1, 0.15) is 19.5 Å². The minimum absolute atomic E-state index is 0.347. The summed E-state index contributed by atoms with van der Waals surface area (Å²) in [4.78, 5) is 11.4. The van der Waals surface area contributed by atoms with Crippen LogP contribution in [0.3, 0.4) is 0 Å². The average molecular weight is 197 g/mol. The largest absolute Gasteiger partial charge is 0.467 e. The van der Waals surface area contributed by atoms with Crippen LogP contribution in [0.5, 0.6) is 0 Å². The minimum atomic E-state index is -0.822. The predicted molar refractivity (Wildman–Crippen MR) is 52.7 cm³/mol. The molecule has 0 atom stereocenters. The van der Waals surface area contributed by atoms with E-state index >= 15 is 0 Å². The van der Waals surface area contributed by atoms with Crippen LogP contribution in [0.2, 0.25) is 0 Å². The third-order valence-corrected chi connectivity index (χ3v) is 2.19. The maximum absolute atomic E-state index is 11.4. The number of aromatic nitrogens is 2. The molecule has 1 aromatic heterocycles. The van der Waals surface area contributed by atoms with E-state index < -0.39 is 5.54 Å². The molecular weight excluding hydrogens is 182 g/mol. The molecule has 5 nitrogen and oxygen atoms in total. The number of nitrogen functional groups attached to an aromatic ring is 1. The lowest BCUT2D eigenvalue weighted by Gasteiger charge is -2.21. The molecule has 5 heteroatoms. The molecule has 0 aromatic carbocycles. The van der Waals surface area contributed by atoms with Gasteiger partial charge in [-0.2, -0.15) is 5.10 Å². The summed E-state index contributed by atoms with van der Waals surface area (Å²) >= 11 is 0. The van der Waals surface area contributed by atoms with Gasteiger partial charge in [0.15, 0.2) is 5.54 Å². The molecule has 0 unspecified atom stereocenters. The summed E-state index contributed by atoms with van der Waals surface area (Å²) < 4.78 is 6.20. The van der Waals surface area contributed by atoms with Gasteiger partial charge in [0.1, 0.15) is 0 Å². The van der Waals surface area contributed by atoms with Crippen LogP contribution in [-0.2, 0) is 15.1 Å². The summed E-state index contributed by atoms with van der Waals surface area (Å²) in [5.41, 5.74) is 6.10. The third-order valence-electron chi connectivity index (χ3n) is 2.19. The van der Waals surface area contributed by atoms with Gasteiger partial charge in [0.25, 0.3) is 0 Å². The van der Waals surface area contributed by atoms with E-state index in [1.807, 2.05) is 0 Å². The van der Waals surface area contributed by atoms with Gasteiger partial charge in [0.2, 0.25) is 0 Å². The number of rotatable bonds is 2. The normalized spacial score (nSPS) is 11.4. The molecule has 0 radical (unpaired) electrons. The van der Waals surface area contributed by atoms with Crippen LogP contribution in [0, 0.1) is 6.92 Å². The molecule has 2 N–H and O–H groups in total. The number of carbonyl (C=O) groups is 1. The average Bonchev–Trinajstić information content (AvgIpc) is 2.46. The highest BCUT2D eigenvalue weighted by Crippen LogP contribution is 2.19. The third kappa shape index (κ3) is 1.57. The van der Waals surface area contributed by atoms with Crippen molar-refractivity contribution in [1.29, 1.82) is 0 Å². The van der Waals surface area contributed by atoms with Gasteiger partial charge in [-0.1, -0.05) is 0 Å². The molecular formula is C9H15N3O2. The number of carbonyl (C=O) groups excluding carboxylic acids is 1. The van der Waals surface area contributed by atoms with Crippen molar-refractivity contribution < 1.29 is 9.53 Å². The van der Waals surface area contributed by atoms with Crippen molar-refractivity contribution in [3.05, 3.63) is 11.9 Å². The Morgan fingerprint density at radius 3 is 2.57 bits per heavy atom. The number of esters is 1. The number of anilines is 1. The van der Waals surface area contributed by atoms with Crippen LogP contribution in [0.25, 0.3) is 0 Å². The molecule has 0 bridgehead atoms. The van der Waals surface area contributed by atoms with Crippen molar-refractivity contribution in [2.75, 3.05) is 12.8 Å². The number of aryl methyl sites for hydroxylation is 1. The zero-order chi connectivity index (χ0) is 10.9. The molecule has 0 saturated heterocycles. The monoisotopic (exact) mass is 197 g/mol. The Morgan fingerprint density at radius 1 is 1.64 bits per heavy atom. The number of hydrogen-bond acceptors (Lipinski definition) is 4. The molecule has 78 valence electrons. The first-order valence-electron chi connectivity index (χ1n) is 4.30. The second kappa shape index (κ2) is 3.32. The lowest BCUT2D eigenvalue weighted by molar-refractivity contribution is -0.150. The van der Waals surface area contributed by atoms with E-state index in [0.29, 0.717) is 11.4 Å². The van der Waals surface area contributed by atoms with Crippen LogP contribution in [-0.4, -0.2) is 22.9 Å². The Bertz CT molecular complexity index is 335. The fourth-order valence-electron chi connectivity index (χ4n) is 1.10. The van der Waals surface area contributed by atoms with E-state index in [1.165, 1.54) is 11.8 Å². The summed E-state index contributed by atoms with van der Waals surface area (Å²) in [5.74, 6) is -0.347. The molecule has 0 saturated carbocycles. The molecule has 0 fully saturated rings. The fourth-order valence-corrected chi connectivity index (χ4v) is 1.10. The van der Waals surface area contributed by atoms with E-state index in [2.05, 4.69) is 9.84 Å². The first-order chi connectivity index (χ1) is 6.39. The highest BCUT2D eigenvalue weighted by Gasteiger charge is 2.32. The summed E-state index contributed by atoms with van der Waals surface area (Å²) in [7, 11) is 1.35. The summed E-state index contributed by atoms with van der Waals surface area (Å²) in [5, 5.41) is 4.14. The number of nitrogens with two attached hydrogens (primary N) is 1. The topological polar surface area (TPSA) is 70.1 Å². The summed E-state index contributed by atoms with van der Waals surface area (Å²) in [6.07, 6.45) is 1.63. The van der Waals surface area contributed by atoms with Crippen molar-refractivity contribution in [3.8, 4) is 0 Å². The van der Waals surface area contributed by atoms with E-state index in [4.69, 9.17) is 5.73 Å². The van der Waals surface area contributed by atoms with Crippen LogP contribution < -0.4 is 5.73 Å². The van der Waals surface area contributed by atoms with E-state index in [0.717, 1.165) is 0 Å². The van der Waals surface area contributed by atoms with E-state index in [9.17, 15) is 4.79 Å². The Balaban J connectivity index is 3.09. The van der Waals surface area contributed by atoms with Crippen molar-refractivity contribution in [2.45, 2.75) is 26.3 Å². The number of ether oxygens (including phenoxy) is 1. The molecule has 0 aliphatic rings. The highest BCUT2D eigenvalue weighted by atomic mass is 16.5. The minimum Gasteiger partial charge on any atom is -0.467 e. The van der Waals surface area contributed by atoms with Crippen LogP contribution in [0.4, 0.5) is 5.69 Å². The zero-order valence-corrected chi connectivity index (χ0v) is 8.87. The predicted octanol–water partition coefficient (Wildman–Crippen LogP) is 0.682. The van der Waals surface area contributed by atoms with Crippen LogP contribution >= 0.6 is 0 Å². The van der Waals surface area contributed by atoms with Crippen molar-refractivity contribution >= 4 is 11.7 Å². The van der Waals surface area contributed by atoms with Gasteiger partial charge in [-0.05, 0) is 20.8 Å². The Labute approximate surface area is 82.8 Å². The zero-order valence-electron chi connectivity index (χ0n) is 8.87. The summed E-state index contributed by atoms with van der Waals surface area (Å²) in [6.45, 7) is 5.24. The molecule has 1 aromatic rings. The highest BCUT2D eigenvalue weighted by molar-refractivity contribution is 5.77. The second-order valence-corrected chi connectivity index (χ2v) is 3.67. The Hall–Kier alpha value is -1.52. The molecule has 14 heavy (non-hydrogen) atoms. The maximum Gasteiger partial charge on any atom is 0.333 e. The fraction of sp³-hybridized carbons (Fsp3) is 0.556. The van der Waals surface area contributed by atoms with Gasteiger partial charge in [-0.15, -0.1) is 0 Å². The first kappa shape index (κ1) is 10.6. The molecule has 0 amide bonds. The first-order valence-corrected chi connectivity index (χ1v) is 4.30. The lowest BCUT2D eigenvalue weighted by Crippen LogP contribution is -2.37. The summed E-state index contributed by atoms with van der Waals surface area (Å²) in [6, 6.07) is 0. The van der Waals surface area contributed by atoms with Gasteiger partial charge >= 0.3 is 5.97 Å². The maximum atomic E-state index is 11.4. The molecule has 1 rings (SSSR count). The second-order valence-electron chi connectivity index (χ2n) is 3.67. The molecule has 1 heterocycles. The van der Waals surface area contributed by atoms with Crippen molar-refractivity contribution in [2.24, 2.45) is 0 Å². The van der Waals surface area contributed by atoms with E-state index in [-0.39, 0.29) is 5.97 Å². The van der Waals surface area contributed by atoms with Gasteiger partial charge in [-0.3, -0.25) is 4.68 Å². The van der Waals surface area contributed by atoms with E-state index in [1.54, 1.807) is 27.0 Å². The number of hydrogen-bond donors (Lipinski definition) is 1. The quantitative estimate of drug-likeness (QED) is 0.708. The van der Waals surface area contributed by atoms with Crippen molar-refractivity contribution in [1.82, 2.24) is 9.78 Å². The van der Waals surface area contributed by atoms with Gasteiger partial charge in [-0.25, -0.2) is 4.79 Å². The van der Waals surface area contributed by atoms with Gasteiger partial charge in [0.05, 0.1) is 18.5 Å². The smallest absolute Gasteiger partial charge is 0.333 e. The lowest BCUT2D eigenvalue weighted by atomic mass is 10.1. The van der Waals surface area contributed by atoms with Gasteiger partial charge in [0, 0.05) is 6.20 Å². The number of nitrogens with zero attached hydrogens (tertiary/aromatic N) is 2. The van der Waals surface area contributed by atoms with Gasteiger partial charge < -0.3 is 10.5 Å². The molecule has 0 aliphatic heterocycles. The number of methoxy groups -OCH3 is 1. The van der Waals surface area contributed by atoms with Crippen molar-refractivity contribution in [3.63, 3.8) is 0 Å². The molecule has 0 spiro atoms. The SMILES string of the molecule is COC(=O)C(C)(C)n1cc(N)c(C)n1.